The van der Waals surface area contributed by atoms with Crippen LogP contribution in [0, 0.1) is 0 Å². The van der Waals surface area contributed by atoms with E-state index in [1.807, 2.05) is 0 Å². The molecule has 4 heteroatoms. The van der Waals surface area contributed by atoms with Crippen LogP contribution in [0.1, 0.15) is 38.9 Å². The molecule has 0 aliphatic carbocycles. The lowest BCUT2D eigenvalue weighted by atomic mass is 10.1. The van der Waals surface area contributed by atoms with Crippen LogP contribution in [0.5, 0.6) is 0 Å². The minimum atomic E-state index is 0.446. The third kappa shape index (κ3) is 1.55. The van der Waals surface area contributed by atoms with Gasteiger partial charge in [-0.05, 0) is 13.3 Å². The highest BCUT2D eigenvalue weighted by Gasteiger charge is 2.26. The number of anilines is 1. The molecule has 0 N–H and O–H groups in total. The van der Waals surface area contributed by atoms with Gasteiger partial charge in [-0.2, -0.15) is 4.37 Å². The highest BCUT2D eigenvalue weighted by Crippen LogP contribution is 2.28. The number of aromatic nitrogens is 2. The zero-order valence-electron chi connectivity index (χ0n) is 8.32. The molecular weight excluding hydrogens is 182 g/mol. The molecule has 0 spiro atoms. The zero-order valence-corrected chi connectivity index (χ0v) is 9.14. The molecule has 1 aliphatic heterocycles. The maximum Gasteiger partial charge on any atom is 0.205 e. The van der Waals surface area contributed by atoms with Crippen LogP contribution in [0.4, 0.5) is 5.13 Å². The van der Waals surface area contributed by atoms with Gasteiger partial charge in [-0.25, -0.2) is 4.98 Å². The van der Waals surface area contributed by atoms with Crippen molar-refractivity contribution >= 4 is 16.7 Å². The predicted octanol–water partition coefficient (Wildman–Crippen LogP) is 2.26. The van der Waals surface area contributed by atoms with Crippen LogP contribution in [0.3, 0.4) is 0 Å². The van der Waals surface area contributed by atoms with Gasteiger partial charge < -0.3 is 4.90 Å². The third-order valence-corrected chi connectivity index (χ3v) is 3.28. The minimum absolute atomic E-state index is 0.446. The Morgan fingerprint density at radius 1 is 1.54 bits per heavy atom. The summed E-state index contributed by atoms with van der Waals surface area (Å²) >= 11 is 1.53. The molecule has 0 amide bonds. The number of hydrogen-bond donors (Lipinski definition) is 0. The van der Waals surface area contributed by atoms with Crippen LogP contribution in [0.15, 0.2) is 0 Å². The second kappa shape index (κ2) is 3.25. The molecule has 1 aromatic heterocycles. The zero-order chi connectivity index (χ0) is 9.42. The summed E-state index contributed by atoms with van der Waals surface area (Å²) in [5.41, 5.74) is 0. The van der Waals surface area contributed by atoms with Crippen molar-refractivity contribution in [2.75, 3.05) is 11.4 Å². The van der Waals surface area contributed by atoms with E-state index in [4.69, 9.17) is 0 Å². The first-order valence-corrected chi connectivity index (χ1v) is 5.56. The Hall–Kier alpha value is -0.640. The maximum atomic E-state index is 4.52. The SMILES string of the molecule is CC(C)c1nsc(N2CCC2C)n1. The van der Waals surface area contributed by atoms with Crippen LogP contribution in [-0.4, -0.2) is 21.9 Å². The molecule has 1 atom stereocenters. The molecule has 1 unspecified atom stereocenters. The van der Waals surface area contributed by atoms with E-state index in [0.717, 1.165) is 17.5 Å². The molecule has 0 aromatic carbocycles. The van der Waals surface area contributed by atoms with Crippen LogP contribution in [-0.2, 0) is 0 Å². The van der Waals surface area contributed by atoms with E-state index in [1.165, 1.54) is 18.0 Å². The predicted molar refractivity (Wildman–Crippen MR) is 55.4 cm³/mol. The summed E-state index contributed by atoms with van der Waals surface area (Å²) in [6, 6.07) is 0.660. The fourth-order valence-corrected chi connectivity index (χ4v) is 2.32. The molecule has 0 radical (unpaired) electrons. The summed E-state index contributed by atoms with van der Waals surface area (Å²) in [7, 11) is 0. The van der Waals surface area contributed by atoms with Gasteiger partial charge in [0, 0.05) is 30.0 Å². The number of rotatable bonds is 2. The van der Waals surface area contributed by atoms with E-state index in [-0.39, 0.29) is 0 Å². The molecule has 2 heterocycles. The molecule has 1 saturated heterocycles. The summed E-state index contributed by atoms with van der Waals surface area (Å²) in [6.45, 7) is 7.64. The van der Waals surface area contributed by atoms with Crippen molar-refractivity contribution in [3.63, 3.8) is 0 Å². The van der Waals surface area contributed by atoms with Crippen molar-refractivity contribution in [1.29, 1.82) is 0 Å². The van der Waals surface area contributed by atoms with Crippen LogP contribution in [0.25, 0.3) is 0 Å². The Kier molecular flexibility index (Phi) is 2.24. The largest absolute Gasteiger partial charge is 0.344 e. The lowest BCUT2D eigenvalue weighted by Crippen LogP contribution is -2.45. The molecule has 13 heavy (non-hydrogen) atoms. The normalized spacial score (nSPS) is 22.2. The number of hydrogen-bond acceptors (Lipinski definition) is 4. The first-order valence-electron chi connectivity index (χ1n) is 4.78. The molecule has 72 valence electrons. The van der Waals surface area contributed by atoms with Crippen molar-refractivity contribution < 1.29 is 0 Å². The monoisotopic (exact) mass is 197 g/mol. The summed E-state index contributed by atoms with van der Waals surface area (Å²) in [4.78, 5) is 6.84. The van der Waals surface area contributed by atoms with Gasteiger partial charge in [0.25, 0.3) is 0 Å². The topological polar surface area (TPSA) is 29.0 Å². The maximum absolute atomic E-state index is 4.52. The summed E-state index contributed by atoms with van der Waals surface area (Å²) in [5, 5.41) is 1.10. The molecule has 1 aromatic rings. The summed E-state index contributed by atoms with van der Waals surface area (Å²) < 4.78 is 4.34. The van der Waals surface area contributed by atoms with Crippen molar-refractivity contribution in [3.8, 4) is 0 Å². The van der Waals surface area contributed by atoms with Crippen molar-refractivity contribution in [1.82, 2.24) is 9.36 Å². The van der Waals surface area contributed by atoms with Crippen LogP contribution < -0.4 is 4.90 Å². The lowest BCUT2D eigenvalue weighted by molar-refractivity contribution is 0.480. The average Bonchev–Trinajstić information content (AvgIpc) is 2.50. The molecule has 1 aliphatic rings. The van der Waals surface area contributed by atoms with Gasteiger partial charge in [0.2, 0.25) is 5.13 Å². The first-order chi connectivity index (χ1) is 6.18. The standard InChI is InChI=1S/C9H15N3S/c1-6(2)8-10-9(13-11-8)12-5-4-7(12)3/h6-7H,4-5H2,1-3H3. The molecule has 2 rings (SSSR count). The van der Waals surface area contributed by atoms with Gasteiger partial charge in [0.1, 0.15) is 5.82 Å². The number of nitrogens with zero attached hydrogens (tertiary/aromatic N) is 3. The Balaban J connectivity index is 2.13. The second-order valence-electron chi connectivity index (χ2n) is 3.92. The quantitative estimate of drug-likeness (QED) is 0.728. The Labute approximate surface area is 83.0 Å². The van der Waals surface area contributed by atoms with Gasteiger partial charge in [0.15, 0.2) is 0 Å². The van der Waals surface area contributed by atoms with Gasteiger partial charge in [-0.1, -0.05) is 13.8 Å². The third-order valence-electron chi connectivity index (χ3n) is 2.51. The van der Waals surface area contributed by atoms with E-state index < -0.39 is 0 Å². The summed E-state index contributed by atoms with van der Waals surface area (Å²) in [6.07, 6.45) is 1.29. The highest BCUT2D eigenvalue weighted by atomic mass is 32.1. The van der Waals surface area contributed by atoms with E-state index in [1.54, 1.807) is 0 Å². The van der Waals surface area contributed by atoms with Crippen molar-refractivity contribution in [2.24, 2.45) is 0 Å². The van der Waals surface area contributed by atoms with E-state index in [0.29, 0.717) is 12.0 Å². The second-order valence-corrected chi connectivity index (χ2v) is 4.65. The molecule has 0 bridgehead atoms. The van der Waals surface area contributed by atoms with E-state index in [9.17, 15) is 0 Å². The summed E-state index contributed by atoms with van der Waals surface area (Å²) in [5.74, 6) is 1.43. The van der Waals surface area contributed by atoms with Gasteiger partial charge in [0.05, 0.1) is 0 Å². The van der Waals surface area contributed by atoms with Crippen LogP contribution in [0.2, 0.25) is 0 Å². The van der Waals surface area contributed by atoms with Gasteiger partial charge in [-0.3, -0.25) is 0 Å². The Bertz CT molecular complexity index is 295. The average molecular weight is 197 g/mol. The fourth-order valence-electron chi connectivity index (χ4n) is 1.38. The van der Waals surface area contributed by atoms with E-state index >= 15 is 0 Å². The molecule has 0 saturated carbocycles. The first kappa shape index (κ1) is 8.94. The Morgan fingerprint density at radius 2 is 2.31 bits per heavy atom. The molecular formula is C9H15N3S. The Morgan fingerprint density at radius 3 is 2.69 bits per heavy atom. The molecule has 1 fully saturated rings. The van der Waals surface area contributed by atoms with Crippen LogP contribution >= 0.6 is 11.5 Å². The van der Waals surface area contributed by atoms with Gasteiger partial charge in [-0.15, -0.1) is 0 Å². The smallest absolute Gasteiger partial charge is 0.205 e. The van der Waals surface area contributed by atoms with Crippen molar-refractivity contribution in [3.05, 3.63) is 5.82 Å². The lowest BCUT2D eigenvalue weighted by Gasteiger charge is -2.38. The van der Waals surface area contributed by atoms with E-state index in [2.05, 4.69) is 35.0 Å². The highest BCUT2D eigenvalue weighted by molar-refractivity contribution is 7.09. The minimum Gasteiger partial charge on any atom is -0.344 e. The fraction of sp³-hybridized carbons (Fsp3) is 0.778. The van der Waals surface area contributed by atoms with Gasteiger partial charge >= 0.3 is 0 Å². The van der Waals surface area contributed by atoms with Crippen molar-refractivity contribution in [2.45, 2.75) is 39.2 Å². The molecule has 3 nitrogen and oxygen atoms in total.